The van der Waals surface area contributed by atoms with Gasteiger partial charge >= 0.3 is 11.4 Å². The molecule has 2 atom stereocenters. The third-order valence-electron chi connectivity index (χ3n) is 14.6. The van der Waals surface area contributed by atoms with Crippen LogP contribution >= 0.6 is 0 Å². The van der Waals surface area contributed by atoms with Gasteiger partial charge in [-0.05, 0) is 127 Å². The van der Waals surface area contributed by atoms with E-state index in [9.17, 15) is 9.59 Å². The number of para-hydroxylation sites is 5. The van der Waals surface area contributed by atoms with E-state index >= 15 is 0 Å². The Kier molecular flexibility index (Phi) is 8.98. The Morgan fingerprint density at radius 2 is 0.929 bits per heavy atom. The van der Waals surface area contributed by atoms with Crippen LogP contribution in [0.1, 0.15) is 29.3 Å². The number of rotatable bonds is 7. The number of imidazole rings is 2. The quantitative estimate of drug-likeness (QED) is 0.160. The fraction of sp³-hybridized carbons (Fsp3) is 0.0645. The van der Waals surface area contributed by atoms with Gasteiger partial charge in [-0.2, -0.15) is 0 Å². The maximum atomic E-state index is 14.7. The fourth-order valence-corrected chi connectivity index (χ4v) is 11.5. The molecule has 3 aliphatic rings. The molecule has 4 heterocycles. The fourth-order valence-electron chi connectivity index (χ4n) is 11.5. The standard InChI is InChI=1S/C62H44N6O2/c69-61-65(57-27-9-11-29-59(57)67(61)47-17-13-15-45(39-47)63-53-23-5-1-19-49(53)50-20-2-6-24-54(50)63)43-35-31-41(32-36-43)42-33-37-44(38-34-42)66-58-28-10-12-30-60(58)68(62(66)70)48-18-14-16-46(40-48)64-55-25-7-3-21-51(55)52-22-4-8-26-56(52)64/h1-11,13-29,31-40,51,55H,12,30H2. The number of anilines is 2. The van der Waals surface area contributed by atoms with E-state index in [1.807, 2.05) is 80.4 Å². The average Bonchev–Trinajstić information content (AvgIpc) is 4.12. The predicted octanol–water partition coefficient (Wildman–Crippen LogP) is 13.2. The predicted molar refractivity (Wildman–Crippen MR) is 284 cm³/mol. The molecule has 0 amide bonds. The summed E-state index contributed by atoms with van der Waals surface area (Å²) in [7, 11) is 0. The molecule has 334 valence electrons. The van der Waals surface area contributed by atoms with E-state index in [0.29, 0.717) is 0 Å². The van der Waals surface area contributed by atoms with Crippen LogP contribution in [0.2, 0.25) is 0 Å². The average molecular weight is 905 g/mol. The van der Waals surface area contributed by atoms with E-state index in [-0.39, 0.29) is 23.3 Å². The van der Waals surface area contributed by atoms with E-state index in [4.69, 9.17) is 0 Å². The van der Waals surface area contributed by atoms with Gasteiger partial charge in [-0.25, -0.2) is 9.59 Å². The highest BCUT2D eigenvalue weighted by Gasteiger charge is 2.37. The molecule has 0 bridgehead atoms. The second kappa shape index (κ2) is 15.7. The monoisotopic (exact) mass is 904 g/mol. The van der Waals surface area contributed by atoms with Crippen LogP contribution in [0.4, 0.5) is 11.4 Å². The number of benzene rings is 8. The van der Waals surface area contributed by atoms with E-state index in [1.165, 1.54) is 22.0 Å². The third-order valence-corrected chi connectivity index (χ3v) is 14.6. The van der Waals surface area contributed by atoms with Gasteiger partial charge in [-0.1, -0.05) is 134 Å². The molecule has 11 aromatic rings. The minimum Gasteiger partial charge on any atom is -0.333 e. The topological polar surface area (TPSA) is 62.0 Å². The normalized spacial score (nSPS) is 15.8. The maximum Gasteiger partial charge on any atom is 0.338 e. The second-order valence-electron chi connectivity index (χ2n) is 18.4. The molecule has 8 heteroatoms. The van der Waals surface area contributed by atoms with Crippen molar-refractivity contribution in [1.82, 2.24) is 22.8 Å². The van der Waals surface area contributed by atoms with Crippen LogP contribution in [0.5, 0.6) is 0 Å². The lowest BCUT2D eigenvalue weighted by molar-refractivity contribution is 0.744. The van der Waals surface area contributed by atoms with Crippen molar-refractivity contribution in [3.63, 3.8) is 0 Å². The molecule has 8 nitrogen and oxygen atoms in total. The number of nitrogens with zero attached hydrogens (tertiary/aromatic N) is 6. The summed E-state index contributed by atoms with van der Waals surface area (Å²) < 4.78 is 9.64. The Hall–Kier alpha value is -9.14. The zero-order chi connectivity index (χ0) is 46.5. The lowest BCUT2D eigenvalue weighted by atomic mass is 9.91. The van der Waals surface area contributed by atoms with Crippen LogP contribution in [0.3, 0.4) is 0 Å². The van der Waals surface area contributed by atoms with Gasteiger partial charge in [0.1, 0.15) is 0 Å². The molecule has 0 fully saturated rings. The molecule has 0 saturated heterocycles. The number of hydrogen-bond donors (Lipinski definition) is 0. The highest BCUT2D eigenvalue weighted by atomic mass is 16.2. The zero-order valence-corrected chi connectivity index (χ0v) is 38.0. The maximum absolute atomic E-state index is 14.7. The van der Waals surface area contributed by atoms with Gasteiger partial charge in [-0.3, -0.25) is 18.3 Å². The van der Waals surface area contributed by atoms with Gasteiger partial charge in [0.25, 0.3) is 0 Å². The number of hydrogen-bond acceptors (Lipinski definition) is 3. The summed E-state index contributed by atoms with van der Waals surface area (Å²) in [6.45, 7) is 0. The molecule has 2 aliphatic carbocycles. The Morgan fingerprint density at radius 1 is 0.414 bits per heavy atom. The molecule has 14 rings (SSSR count). The van der Waals surface area contributed by atoms with Crippen molar-refractivity contribution in [3.05, 3.63) is 262 Å². The number of aromatic nitrogens is 5. The van der Waals surface area contributed by atoms with Crippen molar-refractivity contribution in [2.24, 2.45) is 0 Å². The smallest absolute Gasteiger partial charge is 0.333 e. The molecule has 3 aromatic heterocycles. The van der Waals surface area contributed by atoms with Gasteiger partial charge in [-0.15, -0.1) is 0 Å². The minimum absolute atomic E-state index is 0.0889. The molecular weight excluding hydrogens is 861 g/mol. The summed E-state index contributed by atoms with van der Waals surface area (Å²) >= 11 is 0. The van der Waals surface area contributed by atoms with Crippen LogP contribution in [-0.2, 0) is 6.42 Å². The van der Waals surface area contributed by atoms with Gasteiger partial charge in [0.2, 0.25) is 0 Å². The molecule has 70 heavy (non-hydrogen) atoms. The first-order valence-corrected chi connectivity index (χ1v) is 24.0. The summed E-state index contributed by atoms with van der Waals surface area (Å²) in [5.74, 6) is 0.277. The molecule has 0 saturated carbocycles. The van der Waals surface area contributed by atoms with Crippen molar-refractivity contribution < 1.29 is 0 Å². The van der Waals surface area contributed by atoms with Crippen LogP contribution in [-0.4, -0.2) is 28.9 Å². The molecule has 0 radical (unpaired) electrons. The van der Waals surface area contributed by atoms with Gasteiger partial charge in [0, 0.05) is 33.8 Å². The molecular formula is C62H44N6O2. The summed E-state index contributed by atoms with van der Waals surface area (Å²) in [6.07, 6.45) is 14.7. The number of allylic oxidation sites excluding steroid dienone is 3. The van der Waals surface area contributed by atoms with Crippen molar-refractivity contribution >= 4 is 50.3 Å². The largest absolute Gasteiger partial charge is 0.338 e. The van der Waals surface area contributed by atoms with Gasteiger partial charge in [0.15, 0.2) is 0 Å². The van der Waals surface area contributed by atoms with Crippen LogP contribution in [0.15, 0.2) is 234 Å². The first kappa shape index (κ1) is 40.0. The first-order valence-electron chi connectivity index (χ1n) is 24.0. The highest BCUT2D eigenvalue weighted by molar-refractivity contribution is 6.09. The summed E-state index contributed by atoms with van der Waals surface area (Å²) in [5, 5.41) is 2.38. The van der Waals surface area contributed by atoms with Crippen molar-refractivity contribution in [3.8, 4) is 39.6 Å². The van der Waals surface area contributed by atoms with Crippen molar-refractivity contribution in [1.29, 1.82) is 0 Å². The second-order valence-corrected chi connectivity index (χ2v) is 18.4. The van der Waals surface area contributed by atoms with Gasteiger partial charge < -0.3 is 9.47 Å². The number of fused-ring (bicyclic) bond motifs is 8. The first-order chi connectivity index (χ1) is 34.6. The van der Waals surface area contributed by atoms with Crippen molar-refractivity contribution in [2.45, 2.75) is 24.8 Å². The third kappa shape index (κ3) is 6.02. The van der Waals surface area contributed by atoms with E-state index in [1.54, 1.807) is 4.57 Å². The minimum atomic E-state index is -0.145. The summed E-state index contributed by atoms with van der Waals surface area (Å²) in [6, 6.07) is 66.7. The lowest BCUT2D eigenvalue weighted by Gasteiger charge is -2.29. The van der Waals surface area contributed by atoms with E-state index < -0.39 is 0 Å². The van der Waals surface area contributed by atoms with Crippen LogP contribution < -0.4 is 16.3 Å². The van der Waals surface area contributed by atoms with Crippen LogP contribution in [0.25, 0.3) is 78.5 Å². The molecule has 0 N–H and O–H groups in total. The van der Waals surface area contributed by atoms with Crippen LogP contribution in [0, 0.1) is 0 Å². The zero-order valence-electron chi connectivity index (χ0n) is 38.0. The molecule has 2 unspecified atom stereocenters. The van der Waals surface area contributed by atoms with E-state index in [2.05, 4.69) is 173 Å². The Balaban J connectivity index is 0.787. The Bertz CT molecular complexity index is 4080. The van der Waals surface area contributed by atoms with Gasteiger partial charge in [0.05, 0.1) is 62.2 Å². The summed E-state index contributed by atoms with van der Waals surface area (Å²) in [5.41, 5.74) is 15.4. The molecule has 0 spiro atoms. The SMILES string of the molecule is O=c1n(-c2ccc(-c3ccc(-n4c(=O)n(-c5cccc(-n6c7ccccc7c7ccccc76)c5)c5ccccc54)cc3)cc2)c2c(n1-c1cccc(N3c4ccccc4C4C=CC=CC43)c1)CCC=C2. The lowest BCUT2D eigenvalue weighted by Crippen LogP contribution is -2.29. The van der Waals surface area contributed by atoms with Crippen molar-refractivity contribution in [2.75, 3.05) is 4.90 Å². The highest BCUT2D eigenvalue weighted by Crippen LogP contribution is 2.48. The summed E-state index contributed by atoms with van der Waals surface area (Å²) in [4.78, 5) is 31.9. The molecule has 1 aliphatic heterocycles. The van der Waals surface area contributed by atoms with E-state index in [0.717, 1.165) is 91.5 Å². The molecule has 8 aromatic carbocycles. The Labute approximate surface area is 403 Å². The Morgan fingerprint density at radius 3 is 1.61 bits per heavy atom.